The molecule has 1 unspecified atom stereocenters. The fourth-order valence-corrected chi connectivity index (χ4v) is 2.59. The molecule has 0 amide bonds. The molecule has 0 aliphatic carbocycles. The Bertz CT molecular complexity index is 405. The van der Waals surface area contributed by atoms with Gasteiger partial charge in [-0.15, -0.1) is 0 Å². The molecule has 0 N–H and O–H groups in total. The summed E-state index contributed by atoms with van der Waals surface area (Å²) in [5.41, 5.74) is 2.09. The minimum atomic E-state index is -0.395. The van der Waals surface area contributed by atoms with Gasteiger partial charge in [0.25, 0.3) is 0 Å². The van der Waals surface area contributed by atoms with E-state index in [4.69, 9.17) is 0 Å². The van der Waals surface area contributed by atoms with Crippen LogP contribution in [0.5, 0.6) is 0 Å². The molecule has 1 heterocycles. The van der Waals surface area contributed by atoms with Crippen LogP contribution in [0.1, 0.15) is 17.2 Å². The Labute approximate surface area is 92.6 Å². The van der Waals surface area contributed by atoms with Crippen LogP contribution >= 0.6 is 11.9 Å². The van der Waals surface area contributed by atoms with E-state index in [0.29, 0.717) is 6.29 Å². The smallest absolute Gasteiger partial charge is 0.217 e. The zero-order valence-corrected chi connectivity index (χ0v) is 9.16. The van der Waals surface area contributed by atoms with Crippen LogP contribution in [0.4, 0.5) is 0 Å². The zero-order valence-electron chi connectivity index (χ0n) is 8.34. The van der Waals surface area contributed by atoms with Gasteiger partial charge in [0.05, 0.1) is 0 Å². The SMILES string of the molecule is CSN1Cc2ccccc2C1C(=O)C=O. The van der Waals surface area contributed by atoms with E-state index in [1.54, 1.807) is 0 Å². The van der Waals surface area contributed by atoms with Crippen molar-refractivity contribution in [3.63, 3.8) is 0 Å². The molecule has 1 atom stereocenters. The first-order valence-corrected chi connectivity index (χ1v) is 5.83. The van der Waals surface area contributed by atoms with Gasteiger partial charge >= 0.3 is 0 Å². The molecule has 2 rings (SSSR count). The zero-order chi connectivity index (χ0) is 10.8. The molecule has 0 aromatic heterocycles. The van der Waals surface area contributed by atoms with Crippen LogP contribution < -0.4 is 0 Å². The molecule has 1 aliphatic rings. The molecule has 1 aliphatic heterocycles. The molecule has 4 heteroatoms. The van der Waals surface area contributed by atoms with E-state index < -0.39 is 6.04 Å². The Morgan fingerprint density at radius 2 is 2.27 bits per heavy atom. The highest BCUT2D eigenvalue weighted by Crippen LogP contribution is 2.37. The Kier molecular flexibility index (Phi) is 2.88. The Morgan fingerprint density at radius 1 is 1.53 bits per heavy atom. The average molecular weight is 221 g/mol. The maximum Gasteiger partial charge on any atom is 0.217 e. The van der Waals surface area contributed by atoms with Gasteiger partial charge in [-0.2, -0.15) is 0 Å². The molecular weight excluding hydrogens is 210 g/mol. The summed E-state index contributed by atoms with van der Waals surface area (Å²) in [6, 6.07) is 7.36. The molecule has 15 heavy (non-hydrogen) atoms. The van der Waals surface area contributed by atoms with Crippen LogP contribution in [0.25, 0.3) is 0 Å². The molecule has 1 aromatic rings. The minimum Gasteiger partial charge on any atom is -0.295 e. The van der Waals surface area contributed by atoms with E-state index >= 15 is 0 Å². The van der Waals surface area contributed by atoms with Gasteiger partial charge in [0.2, 0.25) is 5.78 Å². The molecular formula is C11H11NO2S. The van der Waals surface area contributed by atoms with Crippen molar-refractivity contribution >= 4 is 24.0 Å². The molecule has 1 aromatic carbocycles. The molecule has 78 valence electrons. The van der Waals surface area contributed by atoms with Gasteiger partial charge in [0, 0.05) is 6.54 Å². The van der Waals surface area contributed by atoms with E-state index in [1.807, 2.05) is 34.8 Å². The molecule has 0 saturated heterocycles. The van der Waals surface area contributed by atoms with E-state index in [2.05, 4.69) is 0 Å². The Balaban J connectivity index is 2.42. The standard InChI is InChI=1S/C11H11NO2S/c1-15-12-6-8-4-2-3-5-9(8)11(12)10(14)7-13/h2-5,7,11H,6H2,1H3. The number of fused-ring (bicyclic) bond motifs is 1. The number of hydrogen-bond donors (Lipinski definition) is 0. The number of ketones is 1. The average Bonchev–Trinajstić information content (AvgIpc) is 2.66. The van der Waals surface area contributed by atoms with Crippen molar-refractivity contribution in [3.05, 3.63) is 35.4 Å². The fourth-order valence-electron chi connectivity index (χ4n) is 1.89. The predicted octanol–water partition coefficient (Wildman–Crippen LogP) is 1.59. The van der Waals surface area contributed by atoms with E-state index in [1.165, 1.54) is 11.9 Å². The molecule has 0 saturated carbocycles. The third-order valence-corrected chi connectivity index (χ3v) is 3.39. The summed E-state index contributed by atoms with van der Waals surface area (Å²) in [7, 11) is 0. The molecule has 3 nitrogen and oxygen atoms in total. The Hall–Kier alpha value is -1.13. The maximum absolute atomic E-state index is 11.5. The normalized spacial score (nSPS) is 19.9. The van der Waals surface area contributed by atoms with Gasteiger partial charge in [0.1, 0.15) is 6.04 Å². The highest BCUT2D eigenvalue weighted by Gasteiger charge is 2.34. The van der Waals surface area contributed by atoms with Gasteiger partial charge < -0.3 is 0 Å². The van der Waals surface area contributed by atoms with Gasteiger partial charge in [-0.05, 0) is 17.4 Å². The van der Waals surface area contributed by atoms with Crippen molar-refractivity contribution in [1.82, 2.24) is 4.31 Å². The summed E-state index contributed by atoms with van der Waals surface area (Å²) >= 11 is 1.49. The molecule has 0 spiro atoms. The fraction of sp³-hybridized carbons (Fsp3) is 0.273. The number of nitrogens with zero attached hydrogens (tertiary/aromatic N) is 1. The van der Waals surface area contributed by atoms with Crippen molar-refractivity contribution in [2.75, 3.05) is 6.26 Å². The van der Waals surface area contributed by atoms with Crippen LogP contribution in [0.3, 0.4) is 0 Å². The second-order valence-electron chi connectivity index (χ2n) is 3.38. The van der Waals surface area contributed by atoms with Gasteiger partial charge in [-0.1, -0.05) is 36.2 Å². The molecule has 0 bridgehead atoms. The summed E-state index contributed by atoms with van der Waals surface area (Å²) < 4.78 is 1.93. The van der Waals surface area contributed by atoms with Crippen molar-refractivity contribution in [2.24, 2.45) is 0 Å². The monoisotopic (exact) mass is 221 g/mol. The number of Topliss-reactive ketones (excluding diaryl/α,β-unsaturated/α-hetero) is 1. The van der Waals surface area contributed by atoms with E-state index in [-0.39, 0.29) is 5.78 Å². The summed E-state index contributed by atoms with van der Waals surface area (Å²) in [5.74, 6) is -0.366. The largest absolute Gasteiger partial charge is 0.295 e. The second kappa shape index (κ2) is 4.16. The van der Waals surface area contributed by atoms with Crippen LogP contribution in [0, 0.1) is 0 Å². The molecule has 0 radical (unpaired) electrons. The lowest BCUT2D eigenvalue weighted by atomic mass is 10.0. The van der Waals surface area contributed by atoms with Gasteiger partial charge in [-0.25, -0.2) is 4.31 Å². The van der Waals surface area contributed by atoms with Crippen molar-refractivity contribution in [3.8, 4) is 0 Å². The van der Waals surface area contributed by atoms with Gasteiger partial charge in [-0.3, -0.25) is 9.59 Å². The van der Waals surface area contributed by atoms with Crippen LogP contribution in [-0.2, 0) is 16.1 Å². The van der Waals surface area contributed by atoms with Crippen LogP contribution in [-0.4, -0.2) is 22.6 Å². The maximum atomic E-state index is 11.5. The number of carbonyl (C=O) groups excluding carboxylic acids is 2. The number of benzene rings is 1. The van der Waals surface area contributed by atoms with Crippen molar-refractivity contribution < 1.29 is 9.59 Å². The minimum absolute atomic E-state index is 0.366. The Morgan fingerprint density at radius 3 is 2.93 bits per heavy atom. The molecule has 0 fully saturated rings. The summed E-state index contributed by atoms with van der Waals surface area (Å²) in [4.78, 5) is 22.1. The van der Waals surface area contributed by atoms with Gasteiger partial charge in [0.15, 0.2) is 6.29 Å². The number of aldehydes is 1. The number of rotatable bonds is 3. The van der Waals surface area contributed by atoms with Crippen LogP contribution in [0.15, 0.2) is 24.3 Å². The van der Waals surface area contributed by atoms with Crippen molar-refractivity contribution in [1.29, 1.82) is 0 Å². The second-order valence-corrected chi connectivity index (χ2v) is 4.21. The highest BCUT2D eigenvalue weighted by molar-refractivity contribution is 7.96. The third kappa shape index (κ3) is 1.70. The van der Waals surface area contributed by atoms with E-state index in [0.717, 1.165) is 17.7 Å². The quantitative estimate of drug-likeness (QED) is 0.441. The first-order chi connectivity index (χ1) is 7.27. The van der Waals surface area contributed by atoms with E-state index in [9.17, 15) is 9.59 Å². The topological polar surface area (TPSA) is 37.4 Å². The lowest BCUT2D eigenvalue weighted by Crippen LogP contribution is -2.23. The summed E-state index contributed by atoms with van der Waals surface area (Å²) in [6.07, 6.45) is 2.33. The lowest BCUT2D eigenvalue weighted by molar-refractivity contribution is -0.132. The third-order valence-electron chi connectivity index (χ3n) is 2.58. The summed E-state index contributed by atoms with van der Waals surface area (Å²) in [6.45, 7) is 0.724. The highest BCUT2D eigenvalue weighted by atomic mass is 32.2. The van der Waals surface area contributed by atoms with Crippen molar-refractivity contribution in [2.45, 2.75) is 12.6 Å². The first-order valence-electron chi connectivity index (χ1n) is 4.65. The van der Waals surface area contributed by atoms with Crippen LogP contribution in [0.2, 0.25) is 0 Å². The summed E-state index contributed by atoms with van der Waals surface area (Å²) in [5, 5.41) is 0. The number of carbonyl (C=O) groups is 2. The lowest BCUT2D eigenvalue weighted by Gasteiger charge is -2.18. The number of hydrogen-bond acceptors (Lipinski definition) is 4. The first kappa shape index (κ1) is 10.4. The predicted molar refractivity (Wildman–Crippen MR) is 59.3 cm³/mol.